The van der Waals surface area contributed by atoms with E-state index in [1.54, 1.807) is 12.1 Å². The van der Waals surface area contributed by atoms with Crippen molar-refractivity contribution in [1.29, 1.82) is 0 Å². The first kappa shape index (κ1) is 14.3. The summed E-state index contributed by atoms with van der Waals surface area (Å²) in [6.45, 7) is 5.65. The Balaban J connectivity index is 2.22. The Labute approximate surface area is 107 Å². The van der Waals surface area contributed by atoms with Crippen molar-refractivity contribution < 1.29 is 9.13 Å². The first-order valence-electron chi connectivity index (χ1n) is 5.91. The Morgan fingerprint density at radius 3 is 2.76 bits per heavy atom. The molecule has 1 aromatic carbocycles. The molecule has 96 valence electrons. The molecule has 0 fully saturated rings. The van der Waals surface area contributed by atoms with E-state index in [0.29, 0.717) is 17.7 Å². The fourth-order valence-electron chi connectivity index (χ4n) is 1.41. The van der Waals surface area contributed by atoms with E-state index < -0.39 is 5.82 Å². The first-order valence-corrected chi connectivity index (χ1v) is 6.29. The largest absolute Gasteiger partial charge is 0.489 e. The Kier molecular flexibility index (Phi) is 6.30. The highest BCUT2D eigenvalue weighted by Gasteiger charge is 2.07. The summed E-state index contributed by atoms with van der Waals surface area (Å²) < 4.78 is 18.6. The normalized spacial score (nSPS) is 10.9. The molecular formula is C13H19ClFNO. The van der Waals surface area contributed by atoms with E-state index in [9.17, 15) is 4.39 Å². The molecule has 0 aliphatic rings. The van der Waals surface area contributed by atoms with Crippen molar-refractivity contribution in [2.24, 2.45) is 0 Å². The summed E-state index contributed by atoms with van der Waals surface area (Å²) in [5, 5.41) is 3.64. The minimum absolute atomic E-state index is 0.158. The lowest BCUT2D eigenvalue weighted by Crippen LogP contribution is -2.23. The van der Waals surface area contributed by atoms with Crippen LogP contribution in [0.2, 0.25) is 5.02 Å². The zero-order valence-electron chi connectivity index (χ0n) is 10.3. The number of ether oxygens (including phenoxy) is 1. The molecule has 0 aliphatic carbocycles. The molecule has 17 heavy (non-hydrogen) atoms. The number of hydrogen-bond donors (Lipinski definition) is 1. The third kappa shape index (κ3) is 5.37. The van der Waals surface area contributed by atoms with Crippen LogP contribution in [0, 0.1) is 5.82 Å². The molecule has 2 nitrogen and oxygen atoms in total. The van der Waals surface area contributed by atoms with Crippen LogP contribution in [0.15, 0.2) is 18.2 Å². The van der Waals surface area contributed by atoms with E-state index in [-0.39, 0.29) is 5.75 Å². The van der Waals surface area contributed by atoms with Gasteiger partial charge >= 0.3 is 0 Å². The van der Waals surface area contributed by atoms with Crippen molar-refractivity contribution in [1.82, 2.24) is 5.32 Å². The van der Waals surface area contributed by atoms with Crippen LogP contribution in [-0.4, -0.2) is 19.2 Å². The standard InChI is InChI=1S/C13H19ClFNO/c1-10(2)16-8-3-4-9-17-13-11(14)6-5-7-12(13)15/h5-7,10,16H,3-4,8-9H2,1-2H3. The van der Waals surface area contributed by atoms with Crippen LogP contribution in [0.25, 0.3) is 0 Å². The number of rotatable bonds is 7. The van der Waals surface area contributed by atoms with Gasteiger partial charge in [-0.05, 0) is 31.5 Å². The second-order valence-electron chi connectivity index (χ2n) is 4.22. The summed E-state index contributed by atoms with van der Waals surface area (Å²) in [4.78, 5) is 0. The van der Waals surface area contributed by atoms with Crippen molar-refractivity contribution in [3.8, 4) is 5.75 Å². The van der Waals surface area contributed by atoms with Crippen molar-refractivity contribution in [2.75, 3.05) is 13.2 Å². The summed E-state index contributed by atoms with van der Waals surface area (Å²) in [5.41, 5.74) is 0. The smallest absolute Gasteiger partial charge is 0.173 e. The molecule has 0 unspecified atom stereocenters. The lowest BCUT2D eigenvalue weighted by Gasteiger charge is -2.10. The van der Waals surface area contributed by atoms with Crippen LogP contribution < -0.4 is 10.1 Å². The van der Waals surface area contributed by atoms with Crippen LogP contribution >= 0.6 is 11.6 Å². The van der Waals surface area contributed by atoms with Gasteiger partial charge < -0.3 is 10.1 Å². The molecule has 0 saturated heterocycles. The van der Waals surface area contributed by atoms with Crippen molar-refractivity contribution in [3.63, 3.8) is 0 Å². The second-order valence-corrected chi connectivity index (χ2v) is 4.62. The fraction of sp³-hybridized carbons (Fsp3) is 0.538. The molecule has 4 heteroatoms. The Morgan fingerprint density at radius 1 is 1.35 bits per heavy atom. The zero-order chi connectivity index (χ0) is 12.7. The van der Waals surface area contributed by atoms with E-state index in [1.807, 2.05) is 0 Å². The molecule has 1 rings (SSSR count). The van der Waals surface area contributed by atoms with Gasteiger partial charge in [0, 0.05) is 6.04 Å². The summed E-state index contributed by atoms with van der Waals surface area (Å²) in [6.07, 6.45) is 1.88. The average molecular weight is 260 g/mol. The van der Waals surface area contributed by atoms with E-state index in [0.717, 1.165) is 19.4 Å². The van der Waals surface area contributed by atoms with Crippen LogP contribution in [-0.2, 0) is 0 Å². The maximum atomic E-state index is 13.3. The van der Waals surface area contributed by atoms with E-state index in [2.05, 4.69) is 19.2 Å². The molecule has 0 bridgehead atoms. The number of nitrogens with one attached hydrogen (secondary N) is 1. The third-order valence-corrected chi connectivity index (χ3v) is 2.59. The van der Waals surface area contributed by atoms with Gasteiger partial charge in [0.25, 0.3) is 0 Å². The molecule has 0 saturated carbocycles. The third-order valence-electron chi connectivity index (χ3n) is 2.29. The van der Waals surface area contributed by atoms with Crippen molar-refractivity contribution in [3.05, 3.63) is 29.0 Å². The fourth-order valence-corrected chi connectivity index (χ4v) is 1.63. The number of hydrogen-bond acceptors (Lipinski definition) is 2. The minimum Gasteiger partial charge on any atom is -0.489 e. The Bertz CT molecular complexity index is 324. The number of halogens is 2. The summed E-state index contributed by atoms with van der Waals surface area (Å²) in [7, 11) is 0. The molecule has 0 atom stereocenters. The molecule has 0 amide bonds. The quantitative estimate of drug-likeness (QED) is 0.755. The van der Waals surface area contributed by atoms with Gasteiger partial charge in [0.1, 0.15) is 0 Å². The summed E-state index contributed by atoms with van der Waals surface area (Å²) >= 11 is 5.83. The molecular weight excluding hydrogens is 241 g/mol. The molecule has 0 spiro atoms. The SMILES string of the molecule is CC(C)NCCCCOc1c(F)cccc1Cl. The zero-order valence-corrected chi connectivity index (χ0v) is 11.1. The van der Waals surface area contributed by atoms with Gasteiger partial charge in [0.15, 0.2) is 11.6 Å². The predicted octanol–water partition coefficient (Wildman–Crippen LogP) is 3.64. The monoisotopic (exact) mass is 259 g/mol. The Hall–Kier alpha value is -0.800. The summed E-state index contributed by atoms with van der Waals surface area (Å²) in [6, 6.07) is 5.04. The van der Waals surface area contributed by atoms with Crippen LogP contribution in [0.1, 0.15) is 26.7 Å². The van der Waals surface area contributed by atoms with Crippen LogP contribution in [0.3, 0.4) is 0 Å². The van der Waals surface area contributed by atoms with Gasteiger partial charge in [0.05, 0.1) is 11.6 Å². The van der Waals surface area contributed by atoms with E-state index >= 15 is 0 Å². The van der Waals surface area contributed by atoms with Gasteiger partial charge in [-0.15, -0.1) is 0 Å². The minimum atomic E-state index is -0.405. The first-order chi connectivity index (χ1) is 8.11. The maximum Gasteiger partial charge on any atom is 0.173 e. The van der Waals surface area contributed by atoms with Gasteiger partial charge in [-0.1, -0.05) is 31.5 Å². The molecule has 1 N–H and O–H groups in total. The molecule has 1 aromatic rings. The van der Waals surface area contributed by atoms with Crippen molar-refractivity contribution in [2.45, 2.75) is 32.7 Å². The highest BCUT2D eigenvalue weighted by Crippen LogP contribution is 2.27. The van der Waals surface area contributed by atoms with Gasteiger partial charge in [-0.3, -0.25) is 0 Å². The maximum absolute atomic E-state index is 13.3. The Morgan fingerprint density at radius 2 is 2.12 bits per heavy atom. The predicted molar refractivity (Wildman–Crippen MR) is 69.3 cm³/mol. The lowest BCUT2D eigenvalue weighted by atomic mass is 10.3. The van der Waals surface area contributed by atoms with E-state index in [1.165, 1.54) is 6.07 Å². The van der Waals surface area contributed by atoms with E-state index in [4.69, 9.17) is 16.3 Å². The number of para-hydroxylation sites is 1. The van der Waals surface area contributed by atoms with Gasteiger partial charge in [-0.2, -0.15) is 0 Å². The van der Waals surface area contributed by atoms with Gasteiger partial charge in [0.2, 0.25) is 0 Å². The molecule has 0 heterocycles. The second kappa shape index (κ2) is 7.51. The highest BCUT2D eigenvalue weighted by atomic mass is 35.5. The topological polar surface area (TPSA) is 21.3 Å². The van der Waals surface area contributed by atoms with Crippen LogP contribution in [0.5, 0.6) is 5.75 Å². The molecule has 0 aromatic heterocycles. The molecule has 0 aliphatic heterocycles. The lowest BCUT2D eigenvalue weighted by molar-refractivity contribution is 0.291. The molecule has 0 radical (unpaired) electrons. The van der Waals surface area contributed by atoms with Gasteiger partial charge in [-0.25, -0.2) is 4.39 Å². The van der Waals surface area contributed by atoms with Crippen molar-refractivity contribution >= 4 is 11.6 Å². The van der Waals surface area contributed by atoms with Crippen LogP contribution in [0.4, 0.5) is 4.39 Å². The number of unbranched alkanes of at least 4 members (excludes halogenated alkanes) is 1. The average Bonchev–Trinajstić information content (AvgIpc) is 2.26. The number of benzene rings is 1. The highest BCUT2D eigenvalue weighted by molar-refractivity contribution is 6.32. The summed E-state index contributed by atoms with van der Waals surface area (Å²) in [5.74, 6) is -0.246.